The summed E-state index contributed by atoms with van der Waals surface area (Å²) in [6.45, 7) is 0. The molecule has 3 aliphatic carbocycles. The minimum Gasteiger partial charge on any atom is -0.481 e. The normalized spacial score (nSPS) is 33.0. The molecule has 1 fully saturated rings. The van der Waals surface area contributed by atoms with Gasteiger partial charge in [0.05, 0.1) is 0 Å². The monoisotopic (exact) mass is 377 g/mol. The lowest BCUT2D eigenvalue weighted by atomic mass is 9.97. The van der Waals surface area contributed by atoms with Gasteiger partial charge in [-0.15, -0.1) is 0 Å². The van der Waals surface area contributed by atoms with Crippen molar-refractivity contribution in [2.24, 2.45) is 0 Å². The Morgan fingerprint density at radius 1 is 0.778 bits per heavy atom. The SMILES string of the molecule is C1=CC=CC2=C(C=C1)OC1C=CC=CC=C3OC4CCCCCCC4[P+]2=C31. The summed E-state index contributed by atoms with van der Waals surface area (Å²) >= 11 is 0. The van der Waals surface area contributed by atoms with Gasteiger partial charge in [-0.25, -0.2) is 0 Å². The molecule has 0 radical (unpaired) electrons. The third-order valence-corrected chi connectivity index (χ3v) is 9.05. The molecule has 0 N–H and O–H groups in total. The van der Waals surface area contributed by atoms with Crippen LogP contribution in [0, 0.1) is 0 Å². The zero-order valence-corrected chi connectivity index (χ0v) is 16.5. The quantitative estimate of drug-likeness (QED) is 0.477. The van der Waals surface area contributed by atoms with Crippen molar-refractivity contribution >= 4 is 12.8 Å². The van der Waals surface area contributed by atoms with Crippen LogP contribution in [0.1, 0.15) is 38.5 Å². The number of allylic oxidation sites excluding steroid dienone is 11. The molecule has 0 saturated heterocycles. The lowest BCUT2D eigenvalue weighted by molar-refractivity contribution is 0.100. The van der Waals surface area contributed by atoms with Crippen molar-refractivity contribution in [2.75, 3.05) is 0 Å². The molecule has 27 heavy (non-hydrogen) atoms. The standard InChI is InChI=1S/C24H26O2P/c1-3-10-16-22-18(12-6-1)25-20-14-8-5-9-15-21-24(20)27(22)23-17-11-4-2-7-13-19(23)26-21/h1,3,5-6,8-10,12,14-16,19-20,23H,2,4,7,11,13,17H2/q+1. The Bertz CT molecular complexity index is 863. The van der Waals surface area contributed by atoms with Gasteiger partial charge < -0.3 is 9.47 Å². The van der Waals surface area contributed by atoms with Crippen LogP contribution in [-0.2, 0) is 9.47 Å². The van der Waals surface area contributed by atoms with Crippen molar-refractivity contribution in [3.8, 4) is 0 Å². The van der Waals surface area contributed by atoms with E-state index in [1.54, 1.807) is 0 Å². The predicted octanol–water partition coefficient (Wildman–Crippen LogP) is 6.06. The van der Waals surface area contributed by atoms with E-state index in [1.165, 1.54) is 49.1 Å². The molecular weight excluding hydrogens is 351 g/mol. The first-order valence-electron chi connectivity index (χ1n) is 10.2. The molecule has 0 amide bonds. The van der Waals surface area contributed by atoms with Gasteiger partial charge in [-0.3, -0.25) is 0 Å². The Labute approximate surface area is 162 Å². The van der Waals surface area contributed by atoms with E-state index in [2.05, 4.69) is 66.8 Å². The molecule has 3 heteroatoms. The summed E-state index contributed by atoms with van der Waals surface area (Å²) in [5, 5.41) is 2.77. The zero-order chi connectivity index (χ0) is 18.1. The first-order valence-corrected chi connectivity index (χ1v) is 11.6. The van der Waals surface area contributed by atoms with Crippen LogP contribution in [0.2, 0.25) is 0 Å². The number of rotatable bonds is 0. The topological polar surface area (TPSA) is 18.5 Å². The third kappa shape index (κ3) is 3.21. The third-order valence-electron chi connectivity index (χ3n) is 5.92. The maximum Gasteiger partial charge on any atom is 0.213 e. The van der Waals surface area contributed by atoms with Crippen LogP contribution in [0.4, 0.5) is 0 Å². The van der Waals surface area contributed by atoms with Crippen molar-refractivity contribution in [3.63, 3.8) is 0 Å². The van der Waals surface area contributed by atoms with Gasteiger partial charge in [0.2, 0.25) is 5.29 Å². The molecule has 4 unspecified atom stereocenters. The lowest BCUT2D eigenvalue weighted by Gasteiger charge is -2.36. The lowest BCUT2D eigenvalue weighted by Crippen LogP contribution is -2.40. The van der Waals surface area contributed by atoms with Gasteiger partial charge in [-0.2, -0.15) is 0 Å². The highest BCUT2D eigenvalue weighted by Crippen LogP contribution is 2.56. The van der Waals surface area contributed by atoms with Crippen LogP contribution in [0.15, 0.2) is 83.7 Å². The second kappa shape index (κ2) is 7.52. The Kier molecular flexibility index (Phi) is 4.76. The van der Waals surface area contributed by atoms with Gasteiger partial charge in [0.25, 0.3) is 0 Å². The Morgan fingerprint density at radius 2 is 1.59 bits per heavy atom. The molecule has 2 heterocycles. The van der Waals surface area contributed by atoms with Gasteiger partial charge in [0, 0.05) is 0 Å². The molecule has 4 atom stereocenters. The van der Waals surface area contributed by atoms with Crippen molar-refractivity contribution in [2.45, 2.75) is 56.4 Å². The summed E-state index contributed by atoms with van der Waals surface area (Å²) in [6, 6.07) is 0. The fourth-order valence-electron chi connectivity index (χ4n) is 4.67. The van der Waals surface area contributed by atoms with Crippen molar-refractivity contribution in [3.05, 3.63) is 83.7 Å². The minimum atomic E-state index is -0.460. The summed E-state index contributed by atoms with van der Waals surface area (Å²) in [6.07, 6.45) is 31.6. The van der Waals surface area contributed by atoms with E-state index in [1.807, 2.05) is 0 Å². The maximum absolute atomic E-state index is 6.63. The zero-order valence-electron chi connectivity index (χ0n) is 15.6. The van der Waals surface area contributed by atoms with Crippen molar-refractivity contribution in [1.29, 1.82) is 0 Å². The summed E-state index contributed by atoms with van der Waals surface area (Å²) < 4.78 is 13.1. The van der Waals surface area contributed by atoms with E-state index >= 15 is 0 Å². The second-order valence-electron chi connectivity index (χ2n) is 7.66. The number of fused-ring (bicyclic) bond motifs is 3. The molecule has 0 aromatic heterocycles. The van der Waals surface area contributed by atoms with Crippen LogP contribution < -0.4 is 0 Å². The van der Waals surface area contributed by atoms with Crippen molar-refractivity contribution < 1.29 is 9.47 Å². The minimum absolute atomic E-state index is 0.0149. The van der Waals surface area contributed by atoms with E-state index < -0.39 is 7.55 Å². The van der Waals surface area contributed by atoms with Crippen LogP contribution >= 0.6 is 7.55 Å². The summed E-state index contributed by atoms with van der Waals surface area (Å²) in [7, 11) is -0.460. The first-order chi connectivity index (χ1) is 13.4. The maximum atomic E-state index is 6.63. The number of hydrogen-bond acceptors (Lipinski definition) is 2. The Balaban J connectivity index is 1.71. The average Bonchev–Trinajstić information content (AvgIpc) is 2.61. The molecule has 5 rings (SSSR count). The van der Waals surface area contributed by atoms with Crippen molar-refractivity contribution in [1.82, 2.24) is 0 Å². The summed E-state index contributed by atoms with van der Waals surface area (Å²) in [5.41, 5.74) is 0.599. The molecule has 2 nitrogen and oxygen atoms in total. The number of hydrogen-bond donors (Lipinski definition) is 0. The van der Waals surface area contributed by atoms with Gasteiger partial charge in [-0.05, 0) is 50.0 Å². The molecule has 2 aliphatic heterocycles. The van der Waals surface area contributed by atoms with Gasteiger partial charge in [0.15, 0.2) is 36.1 Å². The Hall–Kier alpha value is -2.05. The highest BCUT2D eigenvalue weighted by molar-refractivity contribution is 7.65. The van der Waals surface area contributed by atoms with Crippen LogP contribution in [0.25, 0.3) is 0 Å². The molecule has 0 aromatic carbocycles. The van der Waals surface area contributed by atoms with Gasteiger partial charge in [-0.1, -0.05) is 55.4 Å². The van der Waals surface area contributed by atoms with E-state index in [0.717, 1.165) is 11.5 Å². The molecule has 1 saturated carbocycles. The van der Waals surface area contributed by atoms with E-state index in [9.17, 15) is 0 Å². The molecule has 5 aliphatic rings. The predicted molar refractivity (Wildman–Crippen MR) is 114 cm³/mol. The van der Waals surface area contributed by atoms with Crippen LogP contribution in [0.5, 0.6) is 0 Å². The molecule has 0 aromatic rings. The first kappa shape index (κ1) is 17.1. The highest BCUT2D eigenvalue weighted by atomic mass is 31.1. The molecule has 0 spiro atoms. The Morgan fingerprint density at radius 3 is 2.52 bits per heavy atom. The van der Waals surface area contributed by atoms with Crippen LogP contribution in [-0.4, -0.2) is 23.2 Å². The summed E-state index contributed by atoms with van der Waals surface area (Å²) in [4.78, 5) is 0. The van der Waals surface area contributed by atoms with Gasteiger partial charge in [0.1, 0.15) is 6.10 Å². The molecule has 138 valence electrons. The number of ether oxygens (including phenoxy) is 2. The van der Waals surface area contributed by atoms with E-state index in [0.29, 0.717) is 11.8 Å². The highest BCUT2D eigenvalue weighted by Gasteiger charge is 2.51. The van der Waals surface area contributed by atoms with Crippen LogP contribution in [0.3, 0.4) is 0 Å². The second-order valence-corrected chi connectivity index (χ2v) is 10.0. The fourth-order valence-corrected chi connectivity index (χ4v) is 8.02. The smallest absolute Gasteiger partial charge is 0.213 e. The van der Waals surface area contributed by atoms with Gasteiger partial charge >= 0.3 is 0 Å². The molecule has 0 bridgehead atoms. The average molecular weight is 377 g/mol. The van der Waals surface area contributed by atoms with E-state index in [-0.39, 0.29) is 6.10 Å². The van der Waals surface area contributed by atoms with E-state index in [4.69, 9.17) is 9.47 Å². The summed E-state index contributed by atoms with van der Waals surface area (Å²) in [5.74, 6) is 2.11. The largest absolute Gasteiger partial charge is 0.481 e. The fraction of sp³-hybridized carbons (Fsp3) is 0.375. The molecular formula is C24H26O2P+.